The fourth-order valence-corrected chi connectivity index (χ4v) is 3.09. The number of piperazine rings is 1. The van der Waals surface area contributed by atoms with E-state index in [0.29, 0.717) is 22.4 Å². The van der Waals surface area contributed by atoms with Crippen LogP contribution in [0.4, 0.5) is 0 Å². The average Bonchev–Trinajstić information content (AvgIpc) is 2.45. The van der Waals surface area contributed by atoms with Gasteiger partial charge in [-0.2, -0.15) is 0 Å². The van der Waals surface area contributed by atoms with Gasteiger partial charge in [0.2, 0.25) is 0 Å². The second-order valence-electron chi connectivity index (χ2n) is 4.73. The van der Waals surface area contributed by atoms with Gasteiger partial charge in [0.05, 0.1) is 29.3 Å². The van der Waals surface area contributed by atoms with Crippen molar-refractivity contribution in [2.45, 2.75) is 13.0 Å². The molecule has 0 aliphatic carbocycles. The van der Waals surface area contributed by atoms with Gasteiger partial charge in [-0.25, -0.2) is 0 Å². The summed E-state index contributed by atoms with van der Waals surface area (Å²) in [5, 5.41) is 14.0. The van der Waals surface area contributed by atoms with Crippen LogP contribution in [0.25, 0.3) is 0 Å². The Morgan fingerprint density at radius 2 is 1.90 bits per heavy atom. The molecule has 0 bridgehead atoms. The average molecular weight is 319 g/mol. The van der Waals surface area contributed by atoms with Crippen LogP contribution in [-0.4, -0.2) is 49.4 Å². The van der Waals surface area contributed by atoms with Crippen LogP contribution in [0.3, 0.4) is 0 Å². The fraction of sp³-hybridized carbons (Fsp3) is 0.571. The van der Waals surface area contributed by atoms with Crippen molar-refractivity contribution in [2.24, 2.45) is 0 Å². The maximum Gasteiger partial charge on any atom is 0.156 e. The number of aliphatic hydroxyl groups is 1. The number of nitrogens with one attached hydrogen (secondary N) is 1. The van der Waals surface area contributed by atoms with Gasteiger partial charge in [-0.05, 0) is 24.6 Å². The summed E-state index contributed by atoms with van der Waals surface area (Å²) in [6, 6.07) is 3.59. The molecule has 0 spiro atoms. The van der Waals surface area contributed by atoms with Gasteiger partial charge in [0.25, 0.3) is 0 Å². The number of hydrogen-bond acceptors (Lipinski definition) is 4. The van der Waals surface area contributed by atoms with Crippen LogP contribution in [-0.2, 0) is 0 Å². The topological polar surface area (TPSA) is 44.7 Å². The first kappa shape index (κ1) is 15.9. The normalized spacial score (nSPS) is 18.0. The van der Waals surface area contributed by atoms with Crippen LogP contribution in [0.2, 0.25) is 10.0 Å². The van der Waals surface area contributed by atoms with Crippen molar-refractivity contribution < 1.29 is 9.84 Å². The van der Waals surface area contributed by atoms with Gasteiger partial charge < -0.3 is 15.2 Å². The number of nitrogens with zero attached hydrogens (tertiary/aromatic N) is 1. The van der Waals surface area contributed by atoms with Crippen molar-refractivity contribution >= 4 is 23.2 Å². The van der Waals surface area contributed by atoms with E-state index in [1.54, 1.807) is 0 Å². The molecule has 1 saturated heterocycles. The third kappa shape index (κ3) is 3.57. The van der Waals surface area contributed by atoms with Crippen LogP contribution in [0.1, 0.15) is 18.5 Å². The predicted molar refractivity (Wildman–Crippen MR) is 81.9 cm³/mol. The summed E-state index contributed by atoms with van der Waals surface area (Å²) in [6.07, 6.45) is 0. The van der Waals surface area contributed by atoms with Crippen molar-refractivity contribution in [1.29, 1.82) is 0 Å². The minimum Gasteiger partial charge on any atom is -0.491 e. The van der Waals surface area contributed by atoms with E-state index in [1.807, 2.05) is 19.1 Å². The van der Waals surface area contributed by atoms with E-state index in [2.05, 4.69) is 10.2 Å². The highest BCUT2D eigenvalue weighted by atomic mass is 35.5. The number of rotatable bonds is 5. The third-order valence-corrected chi connectivity index (χ3v) is 4.02. The molecule has 1 fully saturated rings. The van der Waals surface area contributed by atoms with Crippen LogP contribution in [0.5, 0.6) is 5.75 Å². The van der Waals surface area contributed by atoms with Crippen molar-refractivity contribution in [3.05, 3.63) is 27.7 Å². The van der Waals surface area contributed by atoms with E-state index in [9.17, 15) is 5.11 Å². The van der Waals surface area contributed by atoms with Crippen molar-refractivity contribution in [3.63, 3.8) is 0 Å². The van der Waals surface area contributed by atoms with Crippen LogP contribution >= 0.6 is 23.2 Å². The highest BCUT2D eigenvalue weighted by Crippen LogP contribution is 2.37. The van der Waals surface area contributed by atoms with E-state index in [-0.39, 0.29) is 12.6 Å². The third-order valence-electron chi connectivity index (χ3n) is 3.46. The summed E-state index contributed by atoms with van der Waals surface area (Å²) < 4.78 is 5.43. The molecule has 0 saturated carbocycles. The van der Waals surface area contributed by atoms with Gasteiger partial charge in [-0.15, -0.1) is 0 Å². The van der Waals surface area contributed by atoms with Gasteiger partial charge >= 0.3 is 0 Å². The monoisotopic (exact) mass is 318 g/mol. The van der Waals surface area contributed by atoms with Gasteiger partial charge in [-0.3, -0.25) is 4.90 Å². The molecular formula is C14H20Cl2N2O2. The first-order valence-electron chi connectivity index (χ1n) is 6.84. The van der Waals surface area contributed by atoms with E-state index < -0.39 is 0 Å². The van der Waals surface area contributed by atoms with E-state index in [1.165, 1.54) is 0 Å². The molecule has 1 heterocycles. The van der Waals surface area contributed by atoms with Crippen LogP contribution in [0.15, 0.2) is 12.1 Å². The molecule has 20 heavy (non-hydrogen) atoms. The van der Waals surface area contributed by atoms with Crippen LogP contribution in [0, 0.1) is 0 Å². The standard InChI is InChI=1S/C14H20Cl2N2O2/c1-2-20-14-11(15)7-10(8-12(14)16)13(9-19)18-5-3-17-4-6-18/h7-8,13,17,19H,2-6,9H2,1H3. The second-order valence-corrected chi connectivity index (χ2v) is 5.55. The Balaban J connectivity index is 2.25. The SMILES string of the molecule is CCOc1c(Cl)cc(C(CO)N2CCNCC2)cc1Cl. The van der Waals surface area contributed by atoms with E-state index in [4.69, 9.17) is 27.9 Å². The lowest BCUT2D eigenvalue weighted by molar-refractivity contribution is 0.111. The first-order valence-corrected chi connectivity index (χ1v) is 7.60. The van der Waals surface area contributed by atoms with Crippen LogP contribution < -0.4 is 10.1 Å². The summed E-state index contributed by atoms with van der Waals surface area (Å²) in [4.78, 5) is 2.23. The van der Waals surface area contributed by atoms with Gasteiger partial charge in [0, 0.05) is 26.2 Å². The van der Waals surface area contributed by atoms with Gasteiger partial charge in [-0.1, -0.05) is 23.2 Å². The molecule has 1 aliphatic heterocycles. The highest BCUT2D eigenvalue weighted by Gasteiger charge is 2.23. The van der Waals surface area contributed by atoms with Crippen molar-refractivity contribution in [2.75, 3.05) is 39.4 Å². The molecule has 6 heteroatoms. The summed E-state index contributed by atoms with van der Waals surface area (Å²) in [5.74, 6) is 0.511. The molecule has 2 rings (SSSR count). The Morgan fingerprint density at radius 1 is 1.30 bits per heavy atom. The zero-order chi connectivity index (χ0) is 14.5. The lowest BCUT2D eigenvalue weighted by atomic mass is 10.0. The first-order chi connectivity index (χ1) is 9.67. The molecule has 1 atom stereocenters. The molecule has 0 radical (unpaired) electrons. The molecule has 1 unspecified atom stereocenters. The number of ether oxygens (including phenoxy) is 1. The molecule has 1 aromatic rings. The largest absolute Gasteiger partial charge is 0.491 e. The van der Waals surface area contributed by atoms with E-state index >= 15 is 0 Å². The molecule has 0 aromatic heterocycles. The molecule has 0 amide bonds. The molecule has 112 valence electrons. The lowest BCUT2D eigenvalue weighted by Gasteiger charge is -2.34. The van der Waals surface area contributed by atoms with Gasteiger partial charge in [0.1, 0.15) is 0 Å². The molecule has 1 aliphatic rings. The smallest absolute Gasteiger partial charge is 0.156 e. The lowest BCUT2D eigenvalue weighted by Crippen LogP contribution is -2.46. The number of hydrogen-bond donors (Lipinski definition) is 2. The Hall–Kier alpha value is -0.520. The second kappa shape index (κ2) is 7.48. The predicted octanol–water partition coefficient (Wildman–Crippen LogP) is 2.33. The molecular weight excluding hydrogens is 299 g/mol. The minimum absolute atomic E-state index is 0.0423. The van der Waals surface area contributed by atoms with Gasteiger partial charge in [0.15, 0.2) is 5.75 Å². The number of aliphatic hydroxyl groups excluding tert-OH is 1. The van der Waals surface area contributed by atoms with E-state index in [0.717, 1.165) is 31.7 Å². The molecule has 2 N–H and O–H groups in total. The Morgan fingerprint density at radius 3 is 2.40 bits per heavy atom. The Kier molecular flexibility index (Phi) is 5.93. The Labute approximate surface area is 129 Å². The number of benzene rings is 1. The molecule has 1 aromatic carbocycles. The summed E-state index contributed by atoms with van der Waals surface area (Å²) in [5.41, 5.74) is 0.924. The highest BCUT2D eigenvalue weighted by molar-refractivity contribution is 6.37. The van der Waals surface area contributed by atoms with Crippen molar-refractivity contribution in [1.82, 2.24) is 10.2 Å². The zero-order valence-corrected chi connectivity index (χ0v) is 13.0. The zero-order valence-electron chi connectivity index (χ0n) is 11.5. The van der Waals surface area contributed by atoms with Crippen molar-refractivity contribution in [3.8, 4) is 5.75 Å². The summed E-state index contributed by atoms with van der Waals surface area (Å²) in [6.45, 7) is 6.09. The Bertz CT molecular complexity index is 428. The summed E-state index contributed by atoms with van der Waals surface area (Å²) >= 11 is 12.5. The maximum atomic E-state index is 9.71. The molecule has 4 nitrogen and oxygen atoms in total. The minimum atomic E-state index is -0.0808. The summed E-state index contributed by atoms with van der Waals surface area (Å²) in [7, 11) is 0. The maximum absolute atomic E-state index is 9.71. The number of halogens is 2. The quantitative estimate of drug-likeness (QED) is 0.874. The fourth-order valence-electron chi connectivity index (χ4n) is 2.48.